The molecule has 1 heterocycles. The molecule has 1 atom stereocenters. The van der Waals surface area contributed by atoms with E-state index in [-0.39, 0.29) is 0 Å². The van der Waals surface area contributed by atoms with Gasteiger partial charge in [-0.15, -0.1) is 0 Å². The van der Waals surface area contributed by atoms with Crippen molar-refractivity contribution in [3.63, 3.8) is 0 Å². The number of nitrogens with zero attached hydrogens (tertiary/aromatic N) is 1. The third-order valence-electron chi connectivity index (χ3n) is 2.77. The van der Waals surface area contributed by atoms with Crippen LogP contribution in [0.3, 0.4) is 0 Å². The molecule has 3 nitrogen and oxygen atoms in total. The number of aliphatic hydroxyl groups is 1. The number of hydrogen-bond donors (Lipinski definition) is 1. The van der Waals surface area contributed by atoms with Crippen LogP contribution in [0, 0.1) is 6.92 Å². The molecule has 0 aliphatic heterocycles. The Morgan fingerprint density at radius 1 is 1.12 bits per heavy atom. The summed E-state index contributed by atoms with van der Waals surface area (Å²) in [6.45, 7) is 1.97. The lowest BCUT2D eigenvalue weighted by atomic mass is 9.98. The molecule has 1 aromatic heterocycles. The van der Waals surface area contributed by atoms with Gasteiger partial charge in [-0.2, -0.15) is 0 Å². The first kappa shape index (κ1) is 11.6. The minimum absolute atomic E-state index is 0.461. The number of ether oxygens (including phenoxy) is 1. The Labute approximate surface area is 101 Å². The lowest BCUT2D eigenvalue weighted by Crippen LogP contribution is -2.05. The van der Waals surface area contributed by atoms with Crippen LogP contribution in [0.25, 0.3) is 0 Å². The third-order valence-corrected chi connectivity index (χ3v) is 2.77. The Kier molecular flexibility index (Phi) is 3.40. The highest BCUT2D eigenvalue weighted by atomic mass is 16.5. The average Bonchev–Trinajstić information content (AvgIpc) is 2.38. The maximum atomic E-state index is 10.4. The molecule has 2 rings (SSSR count). The SMILES string of the molecule is COc1ncccc1C(O)c1ccccc1C. The summed E-state index contributed by atoms with van der Waals surface area (Å²) in [7, 11) is 1.55. The fourth-order valence-electron chi connectivity index (χ4n) is 1.84. The first-order chi connectivity index (χ1) is 8.24. The highest BCUT2D eigenvalue weighted by Gasteiger charge is 2.17. The lowest BCUT2D eigenvalue weighted by molar-refractivity contribution is 0.212. The summed E-state index contributed by atoms with van der Waals surface area (Å²) in [6, 6.07) is 11.4. The van der Waals surface area contributed by atoms with Crippen molar-refractivity contribution in [3.05, 3.63) is 59.3 Å². The van der Waals surface area contributed by atoms with Gasteiger partial charge in [0.25, 0.3) is 0 Å². The number of hydrogen-bond acceptors (Lipinski definition) is 3. The van der Waals surface area contributed by atoms with Crippen molar-refractivity contribution < 1.29 is 9.84 Å². The molecule has 3 heteroatoms. The second-order valence-electron chi connectivity index (χ2n) is 3.86. The van der Waals surface area contributed by atoms with Crippen LogP contribution in [0.15, 0.2) is 42.6 Å². The molecule has 88 valence electrons. The minimum Gasteiger partial charge on any atom is -0.481 e. The van der Waals surface area contributed by atoms with Gasteiger partial charge in [-0.3, -0.25) is 0 Å². The zero-order chi connectivity index (χ0) is 12.3. The number of aryl methyl sites for hydroxylation is 1. The maximum Gasteiger partial charge on any atom is 0.219 e. The van der Waals surface area contributed by atoms with E-state index >= 15 is 0 Å². The van der Waals surface area contributed by atoms with Crippen molar-refractivity contribution in [1.82, 2.24) is 4.98 Å². The van der Waals surface area contributed by atoms with E-state index in [1.807, 2.05) is 37.3 Å². The van der Waals surface area contributed by atoms with E-state index in [9.17, 15) is 5.11 Å². The van der Waals surface area contributed by atoms with Crippen LogP contribution in [0.2, 0.25) is 0 Å². The predicted octanol–water partition coefficient (Wildman–Crippen LogP) is 2.48. The molecule has 0 saturated heterocycles. The number of aromatic nitrogens is 1. The second-order valence-corrected chi connectivity index (χ2v) is 3.86. The van der Waals surface area contributed by atoms with Gasteiger partial charge in [0.15, 0.2) is 0 Å². The van der Waals surface area contributed by atoms with Crippen LogP contribution in [0.1, 0.15) is 22.8 Å². The van der Waals surface area contributed by atoms with Crippen molar-refractivity contribution in [1.29, 1.82) is 0 Å². The number of rotatable bonds is 3. The summed E-state index contributed by atoms with van der Waals surface area (Å²) in [5.74, 6) is 0.461. The van der Waals surface area contributed by atoms with Crippen molar-refractivity contribution in [2.45, 2.75) is 13.0 Å². The Hall–Kier alpha value is -1.87. The maximum absolute atomic E-state index is 10.4. The number of aliphatic hydroxyl groups excluding tert-OH is 1. The quantitative estimate of drug-likeness (QED) is 0.879. The molecular formula is C14H15NO2. The smallest absolute Gasteiger partial charge is 0.219 e. The van der Waals surface area contributed by atoms with Crippen LogP contribution < -0.4 is 4.74 Å². The second kappa shape index (κ2) is 4.97. The molecule has 0 aliphatic carbocycles. The number of benzene rings is 1. The third kappa shape index (κ3) is 2.29. The Balaban J connectivity index is 2.44. The van der Waals surface area contributed by atoms with Crippen molar-refractivity contribution >= 4 is 0 Å². The number of pyridine rings is 1. The van der Waals surface area contributed by atoms with Gasteiger partial charge in [0, 0.05) is 11.8 Å². The molecule has 0 bridgehead atoms. The van der Waals surface area contributed by atoms with Crippen LogP contribution in [-0.4, -0.2) is 17.2 Å². The van der Waals surface area contributed by atoms with Gasteiger partial charge >= 0.3 is 0 Å². The van der Waals surface area contributed by atoms with Gasteiger partial charge in [0.1, 0.15) is 6.10 Å². The fraction of sp³-hybridized carbons (Fsp3) is 0.214. The molecule has 0 fully saturated rings. The zero-order valence-corrected chi connectivity index (χ0v) is 9.92. The van der Waals surface area contributed by atoms with Crippen LogP contribution >= 0.6 is 0 Å². The van der Waals surface area contributed by atoms with Gasteiger partial charge in [-0.25, -0.2) is 4.98 Å². The van der Waals surface area contributed by atoms with E-state index in [2.05, 4.69) is 4.98 Å². The summed E-state index contributed by atoms with van der Waals surface area (Å²) in [5.41, 5.74) is 2.61. The summed E-state index contributed by atoms with van der Waals surface area (Å²) in [5, 5.41) is 10.4. The van der Waals surface area contributed by atoms with Gasteiger partial charge in [0.2, 0.25) is 5.88 Å². The summed E-state index contributed by atoms with van der Waals surface area (Å²) >= 11 is 0. The van der Waals surface area contributed by atoms with Gasteiger partial charge in [0.05, 0.1) is 7.11 Å². The highest BCUT2D eigenvalue weighted by molar-refractivity contribution is 5.38. The molecule has 0 spiro atoms. The highest BCUT2D eigenvalue weighted by Crippen LogP contribution is 2.29. The van der Waals surface area contributed by atoms with E-state index in [0.29, 0.717) is 11.4 Å². The summed E-state index contributed by atoms with van der Waals surface area (Å²) in [4.78, 5) is 4.09. The Bertz CT molecular complexity index is 511. The van der Waals surface area contributed by atoms with E-state index in [0.717, 1.165) is 11.1 Å². The molecule has 1 N–H and O–H groups in total. The monoisotopic (exact) mass is 229 g/mol. The van der Waals surface area contributed by atoms with E-state index in [1.54, 1.807) is 19.4 Å². The van der Waals surface area contributed by atoms with Crippen LogP contribution in [0.5, 0.6) is 5.88 Å². The van der Waals surface area contributed by atoms with Crippen LogP contribution in [0.4, 0.5) is 0 Å². The molecule has 17 heavy (non-hydrogen) atoms. The molecule has 0 aliphatic rings. The van der Waals surface area contributed by atoms with Crippen molar-refractivity contribution in [3.8, 4) is 5.88 Å². The predicted molar refractivity (Wildman–Crippen MR) is 66.0 cm³/mol. The minimum atomic E-state index is -0.708. The molecule has 2 aromatic rings. The van der Waals surface area contributed by atoms with Crippen LogP contribution in [-0.2, 0) is 0 Å². The largest absolute Gasteiger partial charge is 0.481 e. The van der Waals surface area contributed by atoms with E-state index < -0.39 is 6.10 Å². The molecule has 0 amide bonds. The first-order valence-electron chi connectivity index (χ1n) is 5.46. The van der Waals surface area contributed by atoms with Gasteiger partial charge in [-0.05, 0) is 30.2 Å². The fourth-order valence-corrected chi connectivity index (χ4v) is 1.84. The van der Waals surface area contributed by atoms with Crippen molar-refractivity contribution in [2.75, 3.05) is 7.11 Å². The van der Waals surface area contributed by atoms with Gasteiger partial charge < -0.3 is 9.84 Å². The molecule has 1 unspecified atom stereocenters. The molecular weight excluding hydrogens is 214 g/mol. The average molecular weight is 229 g/mol. The molecule has 0 radical (unpaired) electrons. The normalized spacial score (nSPS) is 12.2. The van der Waals surface area contributed by atoms with E-state index in [4.69, 9.17) is 4.74 Å². The van der Waals surface area contributed by atoms with E-state index in [1.165, 1.54) is 0 Å². The Morgan fingerprint density at radius 2 is 1.82 bits per heavy atom. The Morgan fingerprint density at radius 3 is 2.53 bits per heavy atom. The first-order valence-corrected chi connectivity index (χ1v) is 5.46. The topological polar surface area (TPSA) is 42.4 Å². The van der Waals surface area contributed by atoms with Gasteiger partial charge in [-0.1, -0.05) is 24.3 Å². The molecule has 0 saturated carbocycles. The van der Waals surface area contributed by atoms with Crippen molar-refractivity contribution in [2.24, 2.45) is 0 Å². The summed E-state index contributed by atoms with van der Waals surface area (Å²) < 4.78 is 5.16. The lowest BCUT2D eigenvalue weighted by Gasteiger charge is -2.15. The molecule has 1 aromatic carbocycles. The summed E-state index contributed by atoms with van der Waals surface area (Å²) in [6.07, 6.45) is 0.937. The standard InChI is InChI=1S/C14H15NO2/c1-10-6-3-4-7-11(10)13(16)12-8-5-9-15-14(12)17-2/h3-9,13,16H,1-2H3. The zero-order valence-electron chi connectivity index (χ0n) is 9.92. The number of methoxy groups -OCH3 is 1.